The van der Waals surface area contributed by atoms with Crippen LogP contribution in [0.15, 0.2) is 63.8 Å². The first kappa shape index (κ1) is 22.2. The van der Waals surface area contributed by atoms with Gasteiger partial charge in [-0.15, -0.1) is 11.3 Å². The summed E-state index contributed by atoms with van der Waals surface area (Å²) in [5.41, 5.74) is 2.24. The number of aliphatic imine (C=N–C) groups is 1. The zero-order valence-electron chi connectivity index (χ0n) is 17.7. The summed E-state index contributed by atoms with van der Waals surface area (Å²) in [4.78, 5) is 22.8. The van der Waals surface area contributed by atoms with Crippen LogP contribution in [-0.4, -0.2) is 31.7 Å². The number of sulfonamides is 1. The summed E-state index contributed by atoms with van der Waals surface area (Å²) < 4.78 is 28.2. The number of nitrogens with zero attached hydrogens (tertiary/aromatic N) is 2. The van der Waals surface area contributed by atoms with E-state index in [1.807, 2.05) is 23.6 Å². The molecule has 1 aliphatic rings. The fourth-order valence-electron chi connectivity index (χ4n) is 3.47. The number of hydrogen-bond donors (Lipinski definition) is 2. The first-order valence-corrected chi connectivity index (χ1v) is 12.8. The van der Waals surface area contributed by atoms with Crippen LogP contribution >= 0.6 is 11.3 Å². The number of thiophene rings is 1. The number of pyridine rings is 1. The molecule has 32 heavy (non-hydrogen) atoms. The maximum absolute atomic E-state index is 12.8. The van der Waals surface area contributed by atoms with Gasteiger partial charge >= 0.3 is 0 Å². The van der Waals surface area contributed by atoms with Crippen LogP contribution < -0.4 is 10.0 Å². The molecule has 2 aromatic heterocycles. The van der Waals surface area contributed by atoms with Crippen molar-refractivity contribution in [1.82, 2.24) is 9.71 Å². The summed E-state index contributed by atoms with van der Waals surface area (Å²) in [5, 5.41) is 4.76. The third-order valence-electron chi connectivity index (χ3n) is 5.13. The van der Waals surface area contributed by atoms with Crippen LogP contribution in [-0.2, 0) is 10.0 Å². The third kappa shape index (κ3) is 5.23. The van der Waals surface area contributed by atoms with Crippen molar-refractivity contribution in [1.29, 1.82) is 0 Å². The van der Waals surface area contributed by atoms with E-state index in [1.54, 1.807) is 36.5 Å². The van der Waals surface area contributed by atoms with Crippen LogP contribution in [0.5, 0.6) is 0 Å². The minimum atomic E-state index is -3.78. The zero-order valence-corrected chi connectivity index (χ0v) is 19.3. The van der Waals surface area contributed by atoms with Gasteiger partial charge in [-0.05, 0) is 61.5 Å². The molecule has 0 unspecified atom stereocenters. The molecule has 7 nitrogen and oxygen atoms in total. The number of rotatable bonds is 5. The Morgan fingerprint density at radius 1 is 1.06 bits per heavy atom. The Morgan fingerprint density at radius 2 is 1.94 bits per heavy atom. The summed E-state index contributed by atoms with van der Waals surface area (Å²) in [6, 6.07) is 13.7. The van der Waals surface area contributed by atoms with Gasteiger partial charge in [-0.1, -0.05) is 18.6 Å². The molecule has 0 saturated carbocycles. The van der Waals surface area contributed by atoms with Crippen molar-refractivity contribution in [3.05, 3.63) is 65.2 Å². The summed E-state index contributed by atoms with van der Waals surface area (Å²) >= 11 is 1.58. The van der Waals surface area contributed by atoms with Gasteiger partial charge in [0.25, 0.3) is 15.9 Å². The van der Waals surface area contributed by atoms with Crippen LogP contribution in [0.1, 0.15) is 41.7 Å². The van der Waals surface area contributed by atoms with Crippen molar-refractivity contribution in [3.63, 3.8) is 0 Å². The van der Waals surface area contributed by atoms with Gasteiger partial charge in [0, 0.05) is 18.7 Å². The van der Waals surface area contributed by atoms with Crippen LogP contribution in [0.4, 0.5) is 5.69 Å². The van der Waals surface area contributed by atoms with E-state index in [4.69, 9.17) is 0 Å². The predicted octanol–water partition coefficient (Wildman–Crippen LogP) is 4.62. The molecule has 2 N–H and O–H groups in total. The fraction of sp³-hybridized carbons (Fsp3) is 0.261. The number of carbonyl (C=O) groups is 1. The SMILES string of the molecule is Cc1nc(-c2cccs2)ccc1C(=O)Nc1cccc(S(=O)(=O)NC2=NCCCCC2)c1. The van der Waals surface area contributed by atoms with Gasteiger partial charge in [-0.3, -0.25) is 19.5 Å². The Bertz CT molecular complexity index is 1250. The number of hydrogen-bond acceptors (Lipinski definition) is 6. The Hall–Kier alpha value is -3.04. The molecule has 166 valence electrons. The average Bonchev–Trinajstić information content (AvgIpc) is 3.19. The number of carbonyl (C=O) groups excluding carboxylic acids is 1. The van der Waals surface area contributed by atoms with Gasteiger partial charge in [-0.2, -0.15) is 0 Å². The zero-order chi connectivity index (χ0) is 22.6. The molecule has 0 fully saturated rings. The van der Waals surface area contributed by atoms with E-state index in [9.17, 15) is 13.2 Å². The lowest BCUT2D eigenvalue weighted by molar-refractivity contribution is 0.102. The molecule has 3 aromatic rings. The van der Waals surface area contributed by atoms with Gasteiger partial charge in [-0.25, -0.2) is 8.42 Å². The standard InChI is InChI=1S/C23H24N4O3S2/c1-16-19(11-12-20(25-16)21-9-6-14-31-21)23(28)26-17-7-5-8-18(15-17)32(29,30)27-22-10-3-2-4-13-24-22/h5-9,11-12,14-15H,2-4,10,13H2,1H3,(H,24,27)(H,26,28). The van der Waals surface area contributed by atoms with E-state index in [-0.39, 0.29) is 10.8 Å². The molecule has 0 atom stereocenters. The molecule has 0 aliphatic carbocycles. The monoisotopic (exact) mass is 468 g/mol. The second kappa shape index (κ2) is 9.62. The molecule has 9 heteroatoms. The van der Waals surface area contributed by atoms with E-state index in [1.165, 1.54) is 12.1 Å². The van der Waals surface area contributed by atoms with Crippen LogP contribution in [0.2, 0.25) is 0 Å². The molecule has 1 aliphatic heterocycles. The number of benzene rings is 1. The molecule has 3 heterocycles. The van der Waals surface area contributed by atoms with E-state index >= 15 is 0 Å². The topological polar surface area (TPSA) is 101 Å². The van der Waals surface area contributed by atoms with E-state index in [0.29, 0.717) is 35.7 Å². The van der Waals surface area contributed by atoms with Crippen molar-refractivity contribution in [2.75, 3.05) is 11.9 Å². The Labute approximate surface area is 191 Å². The first-order valence-electron chi connectivity index (χ1n) is 10.4. The van der Waals surface area contributed by atoms with Crippen molar-refractivity contribution in [2.45, 2.75) is 37.5 Å². The largest absolute Gasteiger partial charge is 0.322 e. The van der Waals surface area contributed by atoms with Crippen molar-refractivity contribution >= 4 is 38.8 Å². The predicted molar refractivity (Wildman–Crippen MR) is 128 cm³/mol. The Kier molecular flexibility index (Phi) is 6.66. The molecule has 0 spiro atoms. The highest BCUT2D eigenvalue weighted by Gasteiger charge is 2.19. The van der Waals surface area contributed by atoms with Crippen LogP contribution in [0, 0.1) is 6.92 Å². The molecule has 4 rings (SSSR count). The van der Waals surface area contributed by atoms with Crippen molar-refractivity contribution in [2.24, 2.45) is 4.99 Å². The lowest BCUT2D eigenvalue weighted by Gasteiger charge is -2.12. The number of amides is 1. The minimum Gasteiger partial charge on any atom is -0.322 e. The number of nitrogens with one attached hydrogen (secondary N) is 2. The molecule has 0 bridgehead atoms. The summed E-state index contributed by atoms with van der Waals surface area (Å²) in [7, 11) is -3.78. The van der Waals surface area contributed by atoms with E-state index in [0.717, 1.165) is 29.8 Å². The number of anilines is 1. The molecular formula is C23H24N4O3S2. The average molecular weight is 469 g/mol. The highest BCUT2D eigenvalue weighted by atomic mass is 32.2. The highest BCUT2D eigenvalue weighted by Crippen LogP contribution is 2.24. The number of amidine groups is 1. The smallest absolute Gasteiger partial charge is 0.262 e. The molecule has 1 aromatic carbocycles. The number of aromatic nitrogens is 1. The first-order chi connectivity index (χ1) is 15.4. The van der Waals surface area contributed by atoms with Crippen molar-refractivity contribution in [3.8, 4) is 10.6 Å². The maximum Gasteiger partial charge on any atom is 0.262 e. The van der Waals surface area contributed by atoms with Gasteiger partial charge in [0.15, 0.2) is 0 Å². The molecule has 0 saturated heterocycles. The quantitative estimate of drug-likeness (QED) is 0.570. The lowest BCUT2D eigenvalue weighted by Crippen LogP contribution is -2.30. The van der Waals surface area contributed by atoms with Crippen LogP contribution in [0.25, 0.3) is 10.6 Å². The van der Waals surface area contributed by atoms with E-state index < -0.39 is 10.0 Å². The van der Waals surface area contributed by atoms with Crippen molar-refractivity contribution < 1.29 is 13.2 Å². The maximum atomic E-state index is 12.8. The summed E-state index contributed by atoms with van der Waals surface area (Å²) in [6.07, 6.45) is 3.54. The van der Waals surface area contributed by atoms with Crippen LogP contribution in [0.3, 0.4) is 0 Å². The van der Waals surface area contributed by atoms with Gasteiger partial charge in [0.1, 0.15) is 5.84 Å². The summed E-state index contributed by atoms with van der Waals surface area (Å²) in [6.45, 7) is 2.41. The Morgan fingerprint density at radius 3 is 2.72 bits per heavy atom. The normalized spacial score (nSPS) is 14.3. The van der Waals surface area contributed by atoms with Gasteiger partial charge < -0.3 is 5.32 Å². The number of aryl methyl sites for hydroxylation is 1. The molecule has 1 amide bonds. The second-order valence-corrected chi connectivity index (χ2v) is 10.2. The summed E-state index contributed by atoms with van der Waals surface area (Å²) in [5.74, 6) is 0.146. The van der Waals surface area contributed by atoms with Gasteiger partial charge in [0.2, 0.25) is 0 Å². The van der Waals surface area contributed by atoms with Gasteiger partial charge in [0.05, 0.1) is 26.7 Å². The fourth-order valence-corrected chi connectivity index (χ4v) is 5.30. The third-order valence-corrected chi connectivity index (χ3v) is 7.40. The molecular weight excluding hydrogens is 444 g/mol. The minimum absolute atomic E-state index is 0.0742. The second-order valence-electron chi connectivity index (χ2n) is 7.53. The highest BCUT2D eigenvalue weighted by molar-refractivity contribution is 7.90. The van der Waals surface area contributed by atoms with E-state index in [2.05, 4.69) is 20.0 Å². The Balaban J connectivity index is 1.50. The lowest BCUT2D eigenvalue weighted by atomic mass is 10.1. The molecule has 0 radical (unpaired) electrons.